The molecule has 152 valence electrons. The summed E-state index contributed by atoms with van der Waals surface area (Å²) in [5.74, 6) is -2.84. The molecule has 3 aromatic carbocycles. The van der Waals surface area contributed by atoms with Gasteiger partial charge in [-0.1, -0.05) is 12.1 Å². The Morgan fingerprint density at radius 2 is 1.67 bits per heavy atom. The van der Waals surface area contributed by atoms with Crippen molar-refractivity contribution in [2.75, 3.05) is 0 Å². The molecule has 0 aliphatic carbocycles. The maximum atomic E-state index is 13.7. The molecule has 1 heterocycles. The summed E-state index contributed by atoms with van der Waals surface area (Å²) in [7, 11) is 0. The van der Waals surface area contributed by atoms with Gasteiger partial charge in [0, 0.05) is 5.56 Å². The lowest BCUT2D eigenvalue weighted by Crippen LogP contribution is -2.04. The largest absolute Gasteiger partial charge is 0.507 e. The van der Waals surface area contributed by atoms with Crippen LogP contribution in [-0.4, -0.2) is 20.4 Å². The summed E-state index contributed by atoms with van der Waals surface area (Å²) in [5.41, 5.74) is -0.406. The minimum Gasteiger partial charge on any atom is -0.507 e. The molecule has 30 heavy (non-hydrogen) atoms. The third-order valence-electron chi connectivity index (χ3n) is 4.48. The summed E-state index contributed by atoms with van der Waals surface area (Å²) >= 11 is 0. The van der Waals surface area contributed by atoms with Gasteiger partial charge in [-0.05, 0) is 48.0 Å². The Hall–Kier alpha value is -4.20. The van der Waals surface area contributed by atoms with Crippen LogP contribution in [0.4, 0.5) is 4.39 Å². The molecule has 0 aliphatic rings. The number of hydrogen-bond acceptors (Lipinski definition) is 7. The lowest BCUT2D eigenvalue weighted by atomic mass is 10.1. The Balaban J connectivity index is 1.79. The van der Waals surface area contributed by atoms with Crippen molar-refractivity contribution in [3.05, 3.63) is 76.2 Å². The number of phenols is 3. The fourth-order valence-corrected chi connectivity index (χ4v) is 3.01. The number of phenolic OH excluding ortho intramolecular Hbond substituents is 3. The number of aromatic hydroxyl groups is 4. The van der Waals surface area contributed by atoms with Gasteiger partial charge in [0.15, 0.2) is 28.8 Å². The predicted octanol–water partition coefficient (Wildman–Crippen LogP) is 4.00. The number of rotatable bonds is 4. The van der Waals surface area contributed by atoms with Crippen LogP contribution < -0.4 is 10.2 Å². The second kappa shape index (κ2) is 7.32. The first-order valence-electron chi connectivity index (χ1n) is 8.76. The molecular weight excluding hydrogens is 395 g/mol. The number of fused-ring (bicyclic) bond motifs is 1. The van der Waals surface area contributed by atoms with Crippen LogP contribution in [0.3, 0.4) is 0 Å². The highest BCUT2D eigenvalue weighted by molar-refractivity contribution is 5.87. The lowest BCUT2D eigenvalue weighted by molar-refractivity contribution is 0.289. The van der Waals surface area contributed by atoms with E-state index < -0.39 is 28.5 Å². The van der Waals surface area contributed by atoms with Crippen molar-refractivity contribution in [3.8, 4) is 40.1 Å². The Labute approximate surface area is 168 Å². The van der Waals surface area contributed by atoms with Gasteiger partial charge in [-0.2, -0.15) is 0 Å². The van der Waals surface area contributed by atoms with Gasteiger partial charge < -0.3 is 29.6 Å². The Morgan fingerprint density at radius 3 is 2.40 bits per heavy atom. The molecule has 4 N–H and O–H groups in total. The van der Waals surface area contributed by atoms with E-state index in [1.54, 1.807) is 6.07 Å². The minimum absolute atomic E-state index is 0.0181. The van der Waals surface area contributed by atoms with Crippen molar-refractivity contribution in [2.24, 2.45) is 0 Å². The maximum Gasteiger partial charge on any atom is 0.238 e. The molecule has 0 atom stereocenters. The molecule has 7 nitrogen and oxygen atoms in total. The summed E-state index contributed by atoms with van der Waals surface area (Å²) in [5, 5.41) is 39.4. The first kappa shape index (κ1) is 19.1. The van der Waals surface area contributed by atoms with Crippen molar-refractivity contribution >= 4 is 11.0 Å². The topological polar surface area (TPSA) is 120 Å². The van der Waals surface area contributed by atoms with Gasteiger partial charge in [0.05, 0.1) is 0 Å². The van der Waals surface area contributed by atoms with E-state index in [0.717, 1.165) is 6.07 Å². The molecule has 8 heteroatoms. The van der Waals surface area contributed by atoms with E-state index in [9.17, 15) is 29.6 Å². The fourth-order valence-electron chi connectivity index (χ4n) is 3.01. The van der Waals surface area contributed by atoms with Gasteiger partial charge in [0.2, 0.25) is 11.2 Å². The van der Waals surface area contributed by atoms with Crippen molar-refractivity contribution in [1.29, 1.82) is 0 Å². The van der Waals surface area contributed by atoms with Crippen LogP contribution in [0.15, 0.2) is 63.8 Å². The van der Waals surface area contributed by atoms with Gasteiger partial charge in [-0.3, -0.25) is 4.79 Å². The molecule has 0 unspecified atom stereocenters. The van der Waals surface area contributed by atoms with Crippen molar-refractivity contribution in [3.63, 3.8) is 0 Å². The van der Waals surface area contributed by atoms with Crippen LogP contribution in [0.5, 0.6) is 28.7 Å². The van der Waals surface area contributed by atoms with E-state index in [4.69, 9.17) is 9.15 Å². The molecule has 1 aromatic heterocycles. The van der Waals surface area contributed by atoms with Gasteiger partial charge >= 0.3 is 0 Å². The van der Waals surface area contributed by atoms with Gasteiger partial charge in [-0.15, -0.1) is 0 Å². The van der Waals surface area contributed by atoms with E-state index in [1.165, 1.54) is 42.5 Å². The van der Waals surface area contributed by atoms with Crippen molar-refractivity contribution in [1.82, 2.24) is 0 Å². The molecule has 0 saturated carbocycles. The highest BCUT2D eigenvalue weighted by Gasteiger charge is 2.19. The molecule has 0 radical (unpaired) electrons. The van der Waals surface area contributed by atoms with E-state index in [0.29, 0.717) is 5.56 Å². The number of hydrogen-bond donors (Lipinski definition) is 4. The average Bonchev–Trinajstić information content (AvgIpc) is 2.72. The third kappa shape index (κ3) is 3.35. The Bertz CT molecular complexity index is 1330. The molecule has 0 amide bonds. The van der Waals surface area contributed by atoms with E-state index >= 15 is 0 Å². The smallest absolute Gasteiger partial charge is 0.238 e. The number of halogens is 1. The van der Waals surface area contributed by atoms with Crippen LogP contribution in [0.1, 0.15) is 5.56 Å². The Morgan fingerprint density at radius 1 is 0.900 bits per heavy atom. The number of ether oxygens (including phenoxy) is 1. The SMILES string of the molecule is O=c1c(O)c(-c2ccc(O)c(O)c2)oc2cc(COc3ccccc3F)cc(O)c12. The molecule has 4 aromatic rings. The zero-order valence-electron chi connectivity index (χ0n) is 15.3. The van der Waals surface area contributed by atoms with E-state index in [2.05, 4.69) is 0 Å². The molecule has 0 aliphatic heterocycles. The van der Waals surface area contributed by atoms with Crippen LogP contribution in [0, 0.1) is 5.82 Å². The Kier molecular flexibility index (Phi) is 4.67. The zero-order chi connectivity index (χ0) is 21.4. The highest BCUT2D eigenvalue weighted by Crippen LogP contribution is 2.37. The number of benzene rings is 3. The molecule has 0 spiro atoms. The molecular formula is C22H15FO7. The molecule has 0 saturated heterocycles. The van der Waals surface area contributed by atoms with Crippen molar-refractivity contribution in [2.45, 2.75) is 6.61 Å². The highest BCUT2D eigenvalue weighted by atomic mass is 19.1. The monoisotopic (exact) mass is 410 g/mol. The van der Waals surface area contributed by atoms with Crippen LogP contribution >= 0.6 is 0 Å². The first-order valence-corrected chi connectivity index (χ1v) is 8.76. The molecule has 0 bridgehead atoms. The van der Waals surface area contributed by atoms with Crippen molar-refractivity contribution < 1.29 is 34.0 Å². The summed E-state index contributed by atoms with van der Waals surface area (Å²) < 4.78 is 24.8. The fraction of sp³-hybridized carbons (Fsp3) is 0.0455. The summed E-state index contributed by atoms with van der Waals surface area (Å²) in [4.78, 5) is 12.6. The summed E-state index contributed by atoms with van der Waals surface area (Å²) in [6.07, 6.45) is 0. The second-order valence-electron chi connectivity index (χ2n) is 6.52. The van der Waals surface area contributed by atoms with Crippen LogP contribution in [-0.2, 0) is 6.61 Å². The minimum atomic E-state index is -0.877. The summed E-state index contributed by atoms with van der Waals surface area (Å²) in [6.45, 7) is -0.121. The zero-order valence-corrected chi connectivity index (χ0v) is 15.3. The first-order chi connectivity index (χ1) is 14.3. The molecule has 4 rings (SSSR count). The standard InChI is InChI=1S/C22H15FO7/c23-13-3-1-2-4-17(13)29-10-11-7-16(26)19-18(8-11)30-22(21(28)20(19)27)12-5-6-14(24)15(25)9-12/h1-9,24-26,28H,10H2. The van der Waals surface area contributed by atoms with Crippen LogP contribution in [0.2, 0.25) is 0 Å². The van der Waals surface area contributed by atoms with Gasteiger partial charge in [-0.25, -0.2) is 4.39 Å². The second-order valence-corrected chi connectivity index (χ2v) is 6.52. The van der Waals surface area contributed by atoms with Gasteiger partial charge in [0.1, 0.15) is 23.3 Å². The lowest BCUT2D eigenvalue weighted by Gasteiger charge is -2.11. The van der Waals surface area contributed by atoms with E-state index in [1.807, 2.05) is 0 Å². The van der Waals surface area contributed by atoms with Crippen LogP contribution in [0.25, 0.3) is 22.3 Å². The van der Waals surface area contributed by atoms with Gasteiger partial charge in [0.25, 0.3) is 0 Å². The normalized spacial score (nSPS) is 11.0. The number of para-hydroxylation sites is 1. The predicted molar refractivity (Wildman–Crippen MR) is 105 cm³/mol. The van der Waals surface area contributed by atoms with E-state index in [-0.39, 0.29) is 40.4 Å². The maximum absolute atomic E-state index is 13.7. The third-order valence-corrected chi connectivity index (χ3v) is 4.48. The average molecular weight is 410 g/mol. The quantitative estimate of drug-likeness (QED) is 0.375. The molecule has 0 fully saturated rings. The summed E-state index contributed by atoms with van der Waals surface area (Å²) in [6, 6.07) is 12.1.